The number of hydrogen-bond acceptors (Lipinski definition) is 2. The van der Waals surface area contributed by atoms with Gasteiger partial charge < -0.3 is 5.11 Å². The van der Waals surface area contributed by atoms with Gasteiger partial charge in [-0.1, -0.05) is 46.8 Å². The normalized spacial score (nSPS) is 19.7. The zero-order valence-corrected chi connectivity index (χ0v) is 11.0. The van der Waals surface area contributed by atoms with Gasteiger partial charge in [0.2, 0.25) is 0 Å². The lowest BCUT2D eigenvalue weighted by atomic mass is 9.94. The van der Waals surface area contributed by atoms with Crippen molar-refractivity contribution >= 4 is 21.9 Å². The molecule has 1 unspecified atom stereocenters. The van der Waals surface area contributed by atoms with Gasteiger partial charge in [-0.05, 0) is 17.5 Å². The van der Waals surface area contributed by atoms with E-state index in [1.165, 1.54) is 5.56 Å². The Hall–Kier alpha value is -1.13. The van der Waals surface area contributed by atoms with Crippen molar-refractivity contribution in [1.29, 1.82) is 0 Å². The lowest BCUT2D eigenvalue weighted by Crippen LogP contribution is -2.45. The van der Waals surface area contributed by atoms with Crippen LogP contribution in [0.3, 0.4) is 0 Å². The van der Waals surface area contributed by atoms with Crippen molar-refractivity contribution in [2.45, 2.75) is 19.0 Å². The van der Waals surface area contributed by atoms with Gasteiger partial charge in [0.15, 0.2) is 0 Å². The van der Waals surface area contributed by atoms with Crippen LogP contribution in [0.25, 0.3) is 0 Å². The SMILES string of the molecule is C=C(Br)CN1Cc2ccccc2CC1C(=O)O. The predicted molar refractivity (Wildman–Crippen MR) is 70.0 cm³/mol. The molecule has 0 radical (unpaired) electrons. The van der Waals surface area contributed by atoms with E-state index in [1.807, 2.05) is 23.1 Å². The van der Waals surface area contributed by atoms with Crippen LogP contribution < -0.4 is 0 Å². The van der Waals surface area contributed by atoms with Crippen LogP contribution in [0.5, 0.6) is 0 Å². The molecule has 0 aromatic heterocycles. The number of carboxylic acids is 1. The van der Waals surface area contributed by atoms with E-state index in [0.29, 0.717) is 19.5 Å². The zero-order chi connectivity index (χ0) is 12.4. The molecule has 1 heterocycles. The third-order valence-electron chi connectivity index (χ3n) is 3.01. The highest BCUT2D eigenvalue weighted by molar-refractivity contribution is 9.11. The Morgan fingerprint density at radius 1 is 1.47 bits per heavy atom. The molecule has 1 N–H and O–H groups in total. The van der Waals surface area contributed by atoms with Crippen molar-refractivity contribution in [3.63, 3.8) is 0 Å². The maximum atomic E-state index is 11.3. The number of nitrogens with zero attached hydrogens (tertiary/aromatic N) is 1. The third-order valence-corrected chi connectivity index (χ3v) is 3.26. The summed E-state index contributed by atoms with van der Waals surface area (Å²) in [5.74, 6) is -0.770. The van der Waals surface area contributed by atoms with E-state index in [4.69, 9.17) is 0 Å². The average molecular weight is 296 g/mol. The first kappa shape index (κ1) is 12.3. The molecule has 0 aliphatic carbocycles. The van der Waals surface area contributed by atoms with Crippen molar-refractivity contribution in [2.75, 3.05) is 6.54 Å². The molecule has 2 rings (SSSR count). The minimum atomic E-state index is -0.770. The summed E-state index contributed by atoms with van der Waals surface area (Å²) < 4.78 is 0.808. The van der Waals surface area contributed by atoms with Crippen molar-refractivity contribution in [3.05, 3.63) is 46.5 Å². The summed E-state index contributed by atoms with van der Waals surface area (Å²) in [5, 5.41) is 9.26. The van der Waals surface area contributed by atoms with E-state index in [-0.39, 0.29) is 0 Å². The third kappa shape index (κ3) is 2.76. The van der Waals surface area contributed by atoms with Gasteiger partial charge in [-0.2, -0.15) is 0 Å². The number of benzene rings is 1. The van der Waals surface area contributed by atoms with Gasteiger partial charge in [0.1, 0.15) is 6.04 Å². The molecule has 0 spiro atoms. The Labute approximate surface area is 109 Å². The molecule has 1 aromatic rings. The number of carbonyl (C=O) groups is 1. The largest absolute Gasteiger partial charge is 0.480 e. The zero-order valence-electron chi connectivity index (χ0n) is 9.40. The van der Waals surface area contributed by atoms with Crippen LogP contribution >= 0.6 is 15.9 Å². The van der Waals surface area contributed by atoms with Gasteiger partial charge in [0.25, 0.3) is 0 Å². The predicted octanol–water partition coefficient (Wildman–Crippen LogP) is 2.41. The van der Waals surface area contributed by atoms with Crippen LogP contribution in [-0.4, -0.2) is 28.6 Å². The molecular formula is C13H14BrNO2. The van der Waals surface area contributed by atoms with E-state index in [2.05, 4.69) is 28.6 Å². The van der Waals surface area contributed by atoms with E-state index in [9.17, 15) is 9.90 Å². The molecule has 0 amide bonds. The van der Waals surface area contributed by atoms with Gasteiger partial charge in [-0.15, -0.1) is 0 Å². The molecule has 0 saturated heterocycles. The molecule has 4 heteroatoms. The quantitative estimate of drug-likeness (QED) is 0.931. The Balaban J connectivity index is 2.27. The molecule has 1 atom stereocenters. The van der Waals surface area contributed by atoms with Gasteiger partial charge in [-0.25, -0.2) is 0 Å². The minimum Gasteiger partial charge on any atom is -0.480 e. The number of aliphatic carboxylic acids is 1. The molecule has 90 valence electrons. The summed E-state index contributed by atoms with van der Waals surface area (Å²) in [6.07, 6.45) is 0.561. The second kappa shape index (κ2) is 5.02. The maximum Gasteiger partial charge on any atom is 0.321 e. The van der Waals surface area contributed by atoms with Crippen LogP contribution in [0.4, 0.5) is 0 Å². The second-order valence-corrected chi connectivity index (χ2v) is 5.37. The lowest BCUT2D eigenvalue weighted by molar-refractivity contribution is -0.143. The highest BCUT2D eigenvalue weighted by atomic mass is 79.9. The Morgan fingerprint density at radius 2 is 2.12 bits per heavy atom. The van der Waals surface area contributed by atoms with Crippen LogP contribution in [0, 0.1) is 0 Å². The van der Waals surface area contributed by atoms with E-state index < -0.39 is 12.0 Å². The van der Waals surface area contributed by atoms with Crippen LogP contribution in [-0.2, 0) is 17.8 Å². The highest BCUT2D eigenvalue weighted by Gasteiger charge is 2.30. The number of fused-ring (bicyclic) bond motifs is 1. The molecular weight excluding hydrogens is 282 g/mol. The van der Waals surface area contributed by atoms with Crippen molar-refractivity contribution in [1.82, 2.24) is 4.90 Å². The molecule has 0 bridgehead atoms. The summed E-state index contributed by atoms with van der Waals surface area (Å²) in [6, 6.07) is 7.54. The summed E-state index contributed by atoms with van der Waals surface area (Å²) in [7, 11) is 0. The van der Waals surface area contributed by atoms with Gasteiger partial charge in [-0.3, -0.25) is 9.69 Å². The van der Waals surface area contributed by atoms with E-state index >= 15 is 0 Å². The first-order chi connectivity index (χ1) is 8.08. The molecule has 3 nitrogen and oxygen atoms in total. The fourth-order valence-electron chi connectivity index (χ4n) is 2.21. The summed E-state index contributed by atoms with van der Waals surface area (Å²) in [4.78, 5) is 13.2. The van der Waals surface area contributed by atoms with Gasteiger partial charge in [0.05, 0.1) is 0 Å². The summed E-state index contributed by atoms with van der Waals surface area (Å²) in [5.41, 5.74) is 2.34. The highest BCUT2D eigenvalue weighted by Crippen LogP contribution is 2.24. The average Bonchev–Trinajstić information content (AvgIpc) is 2.27. The number of hydrogen-bond donors (Lipinski definition) is 1. The standard InChI is InChI=1S/C13H14BrNO2/c1-9(14)7-15-8-11-5-3-2-4-10(11)6-12(15)13(16)17/h2-5,12H,1,6-8H2,(H,16,17). The van der Waals surface area contributed by atoms with Gasteiger partial charge >= 0.3 is 5.97 Å². The Bertz CT molecular complexity index is 458. The van der Waals surface area contributed by atoms with E-state index in [1.54, 1.807) is 0 Å². The van der Waals surface area contributed by atoms with E-state index in [0.717, 1.165) is 10.0 Å². The summed E-state index contributed by atoms with van der Waals surface area (Å²) >= 11 is 3.30. The van der Waals surface area contributed by atoms with Gasteiger partial charge in [0, 0.05) is 17.6 Å². The minimum absolute atomic E-state index is 0.459. The smallest absolute Gasteiger partial charge is 0.321 e. The van der Waals surface area contributed by atoms with Crippen LogP contribution in [0.1, 0.15) is 11.1 Å². The molecule has 17 heavy (non-hydrogen) atoms. The first-order valence-electron chi connectivity index (χ1n) is 5.45. The number of halogens is 1. The van der Waals surface area contributed by atoms with Crippen LogP contribution in [0.2, 0.25) is 0 Å². The van der Waals surface area contributed by atoms with Crippen LogP contribution in [0.15, 0.2) is 35.3 Å². The van der Waals surface area contributed by atoms with Crippen molar-refractivity contribution < 1.29 is 9.90 Å². The first-order valence-corrected chi connectivity index (χ1v) is 6.24. The second-order valence-electron chi connectivity index (χ2n) is 4.25. The Kier molecular flexibility index (Phi) is 3.64. The number of carboxylic acid groups (broad SMARTS) is 1. The lowest BCUT2D eigenvalue weighted by Gasteiger charge is -2.34. The Morgan fingerprint density at radius 3 is 2.71 bits per heavy atom. The molecule has 0 saturated carbocycles. The van der Waals surface area contributed by atoms with Crippen molar-refractivity contribution in [2.24, 2.45) is 0 Å². The maximum absolute atomic E-state index is 11.3. The summed E-state index contributed by atoms with van der Waals surface area (Å²) in [6.45, 7) is 5.01. The molecule has 1 aliphatic rings. The van der Waals surface area contributed by atoms with Crippen molar-refractivity contribution in [3.8, 4) is 0 Å². The molecule has 1 aliphatic heterocycles. The fraction of sp³-hybridized carbons (Fsp3) is 0.308. The molecule has 0 fully saturated rings. The molecule has 1 aromatic carbocycles. The number of rotatable bonds is 3. The monoisotopic (exact) mass is 295 g/mol. The fourth-order valence-corrected chi connectivity index (χ4v) is 2.53. The topological polar surface area (TPSA) is 40.5 Å².